The Labute approximate surface area is 119 Å². The van der Waals surface area contributed by atoms with Crippen molar-refractivity contribution >= 4 is 17.8 Å². The van der Waals surface area contributed by atoms with Crippen LogP contribution in [0.3, 0.4) is 0 Å². The van der Waals surface area contributed by atoms with Crippen LogP contribution in [-0.4, -0.2) is 60.9 Å². The van der Waals surface area contributed by atoms with Gasteiger partial charge in [0.15, 0.2) is 0 Å². The van der Waals surface area contributed by atoms with Gasteiger partial charge in [-0.25, -0.2) is 4.79 Å². The lowest BCUT2D eigenvalue weighted by Crippen LogP contribution is -2.40. The van der Waals surface area contributed by atoms with Gasteiger partial charge in [-0.15, -0.1) is 0 Å². The van der Waals surface area contributed by atoms with Gasteiger partial charge in [-0.05, 0) is 18.4 Å². The Hall–Kier alpha value is -1.63. The zero-order valence-electron chi connectivity index (χ0n) is 12.4. The highest BCUT2D eigenvalue weighted by Gasteiger charge is 2.28. The molecule has 1 fully saturated rings. The first-order chi connectivity index (χ1) is 9.26. The molecule has 0 saturated carbocycles. The van der Waals surface area contributed by atoms with Gasteiger partial charge in [0.05, 0.1) is 6.54 Å². The molecule has 1 saturated heterocycles. The summed E-state index contributed by atoms with van der Waals surface area (Å²) < 4.78 is 0. The van der Waals surface area contributed by atoms with Gasteiger partial charge in [-0.2, -0.15) is 0 Å². The summed E-state index contributed by atoms with van der Waals surface area (Å²) in [6.45, 7) is 5.44. The molecule has 0 radical (unpaired) electrons. The molecule has 0 unspecified atom stereocenters. The van der Waals surface area contributed by atoms with Gasteiger partial charge < -0.3 is 16.0 Å². The maximum absolute atomic E-state index is 12.0. The van der Waals surface area contributed by atoms with Crippen molar-refractivity contribution in [3.63, 3.8) is 0 Å². The maximum atomic E-state index is 12.0. The molecule has 7 heteroatoms. The van der Waals surface area contributed by atoms with Crippen molar-refractivity contribution in [3.05, 3.63) is 0 Å². The number of carbonyl (C=O) groups excluding carboxylic acids is 3. The highest BCUT2D eigenvalue weighted by molar-refractivity contribution is 6.01. The molecule has 20 heavy (non-hydrogen) atoms. The third kappa shape index (κ3) is 4.48. The van der Waals surface area contributed by atoms with Crippen molar-refractivity contribution in [2.75, 3.05) is 33.2 Å². The van der Waals surface area contributed by atoms with Crippen molar-refractivity contribution in [1.29, 1.82) is 0 Å². The van der Waals surface area contributed by atoms with Crippen molar-refractivity contribution in [2.24, 2.45) is 11.1 Å². The average molecular weight is 284 g/mol. The van der Waals surface area contributed by atoms with E-state index in [0.29, 0.717) is 25.9 Å². The summed E-state index contributed by atoms with van der Waals surface area (Å²) in [6, 6.07) is -0.375. The molecule has 3 N–H and O–H groups in total. The largest absolute Gasteiger partial charge is 0.345 e. The van der Waals surface area contributed by atoms with Crippen LogP contribution in [-0.2, 0) is 9.59 Å². The fourth-order valence-corrected chi connectivity index (χ4v) is 2.06. The summed E-state index contributed by atoms with van der Waals surface area (Å²) in [5, 5.41) is 2.45. The molecule has 0 aliphatic carbocycles. The van der Waals surface area contributed by atoms with Crippen molar-refractivity contribution in [3.8, 4) is 0 Å². The van der Waals surface area contributed by atoms with E-state index in [1.54, 1.807) is 11.9 Å². The van der Waals surface area contributed by atoms with Crippen molar-refractivity contribution in [2.45, 2.75) is 26.7 Å². The molecule has 0 aromatic carbocycles. The fraction of sp³-hybridized carbons (Fsp3) is 0.769. The number of hydrogen-bond acceptors (Lipinski definition) is 4. The van der Waals surface area contributed by atoms with Crippen molar-refractivity contribution < 1.29 is 14.4 Å². The molecule has 114 valence electrons. The van der Waals surface area contributed by atoms with Crippen LogP contribution in [0.1, 0.15) is 26.7 Å². The number of imide groups is 1. The lowest BCUT2D eigenvalue weighted by Gasteiger charge is -2.29. The molecule has 1 aliphatic heterocycles. The van der Waals surface area contributed by atoms with Gasteiger partial charge >= 0.3 is 6.03 Å². The zero-order chi connectivity index (χ0) is 15.3. The minimum atomic E-state index is -0.375. The van der Waals surface area contributed by atoms with Crippen LogP contribution in [0.25, 0.3) is 0 Å². The van der Waals surface area contributed by atoms with Crippen LogP contribution in [0.4, 0.5) is 4.79 Å². The molecular formula is C13H24N4O3. The molecule has 7 nitrogen and oxygen atoms in total. The predicted octanol–water partition coefficient (Wildman–Crippen LogP) is -0.238. The summed E-state index contributed by atoms with van der Waals surface area (Å²) in [4.78, 5) is 37.4. The Morgan fingerprint density at radius 1 is 1.45 bits per heavy atom. The zero-order valence-corrected chi connectivity index (χ0v) is 12.4. The predicted molar refractivity (Wildman–Crippen MR) is 74.8 cm³/mol. The van der Waals surface area contributed by atoms with Crippen LogP contribution in [0.2, 0.25) is 0 Å². The van der Waals surface area contributed by atoms with Gasteiger partial charge in [0.25, 0.3) is 0 Å². The second kappa shape index (κ2) is 6.69. The minimum absolute atomic E-state index is 0.00132. The first-order valence-corrected chi connectivity index (χ1v) is 6.79. The third-order valence-corrected chi connectivity index (χ3v) is 3.35. The molecule has 0 aromatic heterocycles. The number of nitrogens with two attached hydrogens (primary N) is 1. The van der Waals surface area contributed by atoms with E-state index in [4.69, 9.17) is 5.73 Å². The second-order valence-electron chi connectivity index (χ2n) is 5.93. The Balaban J connectivity index is 2.33. The lowest BCUT2D eigenvalue weighted by atomic mass is 9.93. The van der Waals surface area contributed by atoms with Crippen LogP contribution in [0, 0.1) is 5.41 Å². The summed E-state index contributed by atoms with van der Waals surface area (Å²) in [6.07, 6.45) is 0.791. The maximum Gasteiger partial charge on any atom is 0.324 e. The number of urea groups is 1. The molecule has 1 heterocycles. The Morgan fingerprint density at radius 3 is 2.60 bits per heavy atom. The van der Waals surface area contributed by atoms with E-state index in [1.165, 1.54) is 0 Å². The molecule has 1 aliphatic rings. The average Bonchev–Trinajstić information content (AvgIpc) is 2.69. The number of hydrogen-bond donors (Lipinski definition) is 2. The number of nitrogens with one attached hydrogen (secondary N) is 1. The van der Waals surface area contributed by atoms with Gasteiger partial charge in [0.2, 0.25) is 11.8 Å². The van der Waals surface area contributed by atoms with E-state index in [2.05, 4.69) is 5.32 Å². The van der Waals surface area contributed by atoms with Gasteiger partial charge in [-0.1, -0.05) is 13.8 Å². The molecular weight excluding hydrogens is 260 g/mol. The van der Waals surface area contributed by atoms with E-state index in [0.717, 1.165) is 4.90 Å². The minimum Gasteiger partial charge on any atom is -0.345 e. The Kier molecular flexibility index (Phi) is 5.50. The Bertz CT molecular complexity index is 379. The number of amides is 4. The summed E-state index contributed by atoms with van der Waals surface area (Å²) >= 11 is 0. The normalized spacial score (nSPS) is 15.5. The third-order valence-electron chi connectivity index (χ3n) is 3.35. The molecule has 1 rings (SSSR count). The van der Waals surface area contributed by atoms with Crippen LogP contribution in [0.15, 0.2) is 0 Å². The van der Waals surface area contributed by atoms with Gasteiger partial charge in [-0.3, -0.25) is 14.5 Å². The first-order valence-electron chi connectivity index (χ1n) is 6.79. The number of rotatable bonds is 7. The number of carbonyl (C=O) groups is 3. The van der Waals surface area contributed by atoms with Gasteiger partial charge in [0.1, 0.15) is 0 Å². The summed E-state index contributed by atoms with van der Waals surface area (Å²) in [7, 11) is 1.74. The monoisotopic (exact) mass is 284 g/mol. The van der Waals surface area contributed by atoms with E-state index >= 15 is 0 Å². The highest BCUT2D eigenvalue weighted by Crippen LogP contribution is 2.14. The fourth-order valence-electron chi connectivity index (χ4n) is 2.06. The molecule has 0 aromatic rings. The summed E-state index contributed by atoms with van der Waals surface area (Å²) in [5.74, 6) is -0.237. The molecule has 0 atom stereocenters. The smallest absolute Gasteiger partial charge is 0.324 e. The van der Waals surface area contributed by atoms with E-state index in [1.807, 2.05) is 13.8 Å². The van der Waals surface area contributed by atoms with E-state index < -0.39 is 0 Å². The van der Waals surface area contributed by atoms with E-state index in [9.17, 15) is 14.4 Å². The topological polar surface area (TPSA) is 95.7 Å². The van der Waals surface area contributed by atoms with Crippen LogP contribution >= 0.6 is 0 Å². The highest BCUT2D eigenvalue weighted by atomic mass is 16.2. The van der Waals surface area contributed by atoms with E-state index in [-0.39, 0.29) is 36.3 Å². The molecule has 0 spiro atoms. The van der Waals surface area contributed by atoms with Crippen LogP contribution in [0.5, 0.6) is 0 Å². The Morgan fingerprint density at radius 2 is 2.10 bits per heavy atom. The van der Waals surface area contributed by atoms with Crippen LogP contribution < -0.4 is 11.1 Å². The first kappa shape index (κ1) is 16.4. The number of nitrogens with zero attached hydrogens (tertiary/aromatic N) is 2. The molecule has 4 amide bonds. The quantitative estimate of drug-likeness (QED) is 0.631. The second-order valence-corrected chi connectivity index (χ2v) is 5.93. The standard InChI is InChI=1S/C13H24N4O3/c1-13(2,8-14)9-16(3)10(18)5-4-6-17-11(19)7-15-12(17)20/h4-9,14H2,1-3H3,(H,15,20). The lowest BCUT2D eigenvalue weighted by molar-refractivity contribution is -0.132. The SMILES string of the molecule is CN(CC(C)(C)CN)C(=O)CCCN1C(=O)CNC1=O. The summed E-state index contributed by atoms with van der Waals surface area (Å²) in [5.41, 5.74) is 5.53. The molecule has 0 bridgehead atoms. The van der Waals surface area contributed by atoms with Gasteiger partial charge in [0, 0.05) is 26.6 Å². The van der Waals surface area contributed by atoms with Crippen molar-refractivity contribution in [1.82, 2.24) is 15.1 Å².